The standard InChI is InChI=1S/C18H26OSi/c1-15(13-14-16-9-7-8-12-18(16)19)20(2,3)17-10-5-4-6-11-17/h4-6,10-11,13,16H,7-9,12,14H2,1-3H3/b15-13+. The first-order valence-corrected chi connectivity index (χ1v) is 10.8. The van der Waals surface area contributed by atoms with Gasteiger partial charge in [0, 0.05) is 12.3 Å². The second-order valence-electron chi connectivity index (χ2n) is 6.52. The van der Waals surface area contributed by atoms with E-state index in [0.717, 1.165) is 25.7 Å². The van der Waals surface area contributed by atoms with Gasteiger partial charge in [-0.1, -0.05) is 66.3 Å². The average Bonchev–Trinajstić information content (AvgIpc) is 2.47. The number of hydrogen-bond donors (Lipinski definition) is 0. The Bertz CT molecular complexity index is 487. The molecule has 1 aromatic carbocycles. The molecule has 1 atom stereocenters. The van der Waals surface area contributed by atoms with Gasteiger partial charge in [-0.15, -0.1) is 0 Å². The number of hydrogen-bond acceptors (Lipinski definition) is 1. The van der Waals surface area contributed by atoms with Gasteiger partial charge in [0.25, 0.3) is 0 Å². The van der Waals surface area contributed by atoms with Crippen molar-refractivity contribution in [3.8, 4) is 0 Å². The second-order valence-corrected chi connectivity index (χ2v) is 11.1. The topological polar surface area (TPSA) is 17.1 Å². The highest BCUT2D eigenvalue weighted by Crippen LogP contribution is 2.25. The average molecular weight is 286 g/mol. The Hall–Kier alpha value is -1.15. The van der Waals surface area contributed by atoms with Gasteiger partial charge in [0.15, 0.2) is 0 Å². The van der Waals surface area contributed by atoms with Crippen LogP contribution >= 0.6 is 0 Å². The van der Waals surface area contributed by atoms with Crippen LogP contribution in [-0.4, -0.2) is 13.9 Å². The van der Waals surface area contributed by atoms with Gasteiger partial charge in [0.1, 0.15) is 13.9 Å². The Kier molecular flexibility index (Phi) is 4.98. The largest absolute Gasteiger partial charge is 0.299 e. The lowest BCUT2D eigenvalue weighted by Gasteiger charge is -2.25. The summed E-state index contributed by atoms with van der Waals surface area (Å²) >= 11 is 0. The van der Waals surface area contributed by atoms with Crippen LogP contribution in [0.4, 0.5) is 0 Å². The Balaban J connectivity index is 2.07. The zero-order valence-electron chi connectivity index (χ0n) is 13.0. The molecule has 20 heavy (non-hydrogen) atoms. The molecule has 0 N–H and O–H groups in total. The van der Waals surface area contributed by atoms with Crippen LogP contribution in [0.1, 0.15) is 39.0 Å². The first-order valence-electron chi connectivity index (χ1n) is 7.77. The summed E-state index contributed by atoms with van der Waals surface area (Å²) in [5, 5.41) is 2.98. The van der Waals surface area contributed by atoms with Gasteiger partial charge in [-0.3, -0.25) is 4.79 Å². The highest BCUT2D eigenvalue weighted by molar-refractivity contribution is 6.95. The number of allylic oxidation sites excluding steroid dienone is 2. The van der Waals surface area contributed by atoms with E-state index in [9.17, 15) is 4.79 Å². The number of benzene rings is 1. The molecule has 0 heterocycles. The lowest BCUT2D eigenvalue weighted by atomic mass is 9.86. The molecule has 1 aliphatic carbocycles. The van der Waals surface area contributed by atoms with Crippen LogP contribution in [0.2, 0.25) is 13.1 Å². The molecule has 0 bridgehead atoms. The van der Waals surface area contributed by atoms with Gasteiger partial charge in [0.2, 0.25) is 0 Å². The lowest BCUT2D eigenvalue weighted by molar-refractivity contribution is -0.124. The summed E-state index contributed by atoms with van der Waals surface area (Å²) in [7, 11) is -1.54. The van der Waals surface area contributed by atoms with E-state index in [1.165, 1.54) is 16.8 Å². The van der Waals surface area contributed by atoms with Crippen LogP contribution in [0, 0.1) is 5.92 Å². The minimum atomic E-state index is -1.54. The molecule has 1 aliphatic rings. The van der Waals surface area contributed by atoms with E-state index in [1.807, 2.05) is 0 Å². The molecule has 0 aromatic heterocycles. The molecule has 1 nitrogen and oxygen atoms in total. The normalized spacial score (nSPS) is 21.1. The Morgan fingerprint density at radius 1 is 1.25 bits per heavy atom. The fourth-order valence-electron chi connectivity index (χ4n) is 2.96. The summed E-state index contributed by atoms with van der Waals surface area (Å²) in [6, 6.07) is 10.8. The summed E-state index contributed by atoms with van der Waals surface area (Å²) in [4.78, 5) is 11.9. The van der Waals surface area contributed by atoms with Gasteiger partial charge >= 0.3 is 0 Å². The third kappa shape index (κ3) is 3.48. The van der Waals surface area contributed by atoms with Crippen molar-refractivity contribution in [1.82, 2.24) is 0 Å². The van der Waals surface area contributed by atoms with Crippen LogP contribution in [0.25, 0.3) is 0 Å². The van der Waals surface area contributed by atoms with E-state index in [-0.39, 0.29) is 0 Å². The fraction of sp³-hybridized carbons (Fsp3) is 0.500. The molecule has 1 saturated carbocycles. The van der Waals surface area contributed by atoms with Crippen molar-refractivity contribution in [2.45, 2.75) is 52.1 Å². The molecule has 1 aromatic rings. The summed E-state index contributed by atoms with van der Waals surface area (Å²) in [5.74, 6) is 0.777. The van der Waals surface area contributed by atoms with Crippen LogP contribution < -0.4 is 5.19 Å². The van der Waals surface area contributed by atoms with E-state index in [4.69, 9.17) is 0 Å². The molecule has 0 spiro atoms. The minimum absolute atomic E-state index is 0.291. The Labute approximate surface area is 124 Å². The number of Topliss-reactive ketones (excluding diaryl/α,β-unsaturated/α-hetero) is 1. The van der Waals surface area contributed by atoms with Crippen molar-refractivity contribution >= 4 is 19.0 Å². The van der Waals surface area contributed by atoms with E-state index in [0.29, 0.717) is 11.7 Å². The van der Waals surface area contributed by atoms with Gasteiger partial charge in [-0.25, -0.2) is 0 Å². The molecule has 2 heteroatoms. The predicted octanol–water partition coefficient (Wildman–Crippen LogP) is 4.24. The molecule has 1 unspecified atom stereocenters. The van der Waals surface area contributed by atoms with Crippen molar-refractivity contribution in [2.24, 2.45) is 5.92 Å². The maximum absolute atomic E-state index is 11.9. The highest BCUT2D eigenvalue weighted by Gasteiger charge is 2.26. The third-order valence-electron chi connectivity index (χ3n) is 4.87. The smallest absolute Gasteiger partial charge is 0.136 e. The summed E-state index contributed by atoms with van der Waals surface area (Å²) in [6.07, 6.45) is 7.53. The monoisotopic (exact) mass is 286 g/mol. The van der Waals surface area contributed by atoms with Crippen molar-refractivity contribution in [3.05, 3.63) is 41.6 Å². The third-order valence-corrected chi connectivity index (χ3v) is 8.82. The first-order chi connectivity index (χ1) is 9.51. The molecular formula is C18H26OSi. The summed E-state index contributed by atoms with van der Waals surface area (Å²) < 4.78 is 0. The molecule has 0 saturated heterocycles. The minimum Gasteiger partial charge on any atom is -0.299 e. The molecule has 108 valence electrons. The van der Waals surface area contributed by atoms with Crippen molar-refractivity contribution in [3.63, 3.8) is 0 Å². The van der Waals surface area contributed by atoms with E-state index >= 15 is 0 Å². The first kappa shape index (κ1) is 15.2. The second kappa shape index (κ2) is 6.53. The fourth-order valence-corrected chi connectivity index (χ4v) is 5.07. The maximum atomic E-state index is 11.9. The molecule has 2 rings (SSSR count). The Morgan fingerprint density at radius 2 is 1.95 bits per heavy atom. The molecule has 0 amide bonds. The molecule has 1 fully saturated rings. The van der Waals surface area contributed by atoms with Crippen molar-refractivity contribution in [1.29, 1.82) is 0 Å². The molecular weight excluding hydrogens is 260 g/mol. The lowest BCUT2D eigenvalue weighted by Crippen LogP contribution is -2.42. The summed E-state index contributed by atoms with van der Waals surface area (Å²) in [5.41, 5.74) is 0. The molecule has 0 radical (unpaired) electrons. The quantitative estimate of drug-likeness (QED) is 0.757. The number of rotatable bonds is 4. The Morgan fingerprint density at radius 3 is 2.60 bits per heavy atom. The van der Waals surface area contributed by atoms with Crippen molar-refractivity contribution in [2.75, 3.05) is 0 Å². The van der Waals surface area contributed by atoms with Crippen LogP contribution in [-0.2, 0) is 4.79 Å². The van der Waals surface area contributed by atoms with Gasteiger partial charge in [0.05, 0.1) is 0 Å². The van der Waals surface area contributed by atoms with Gasteiger partial charge in [-0.05, 0) is 26.2 Å². The van der Waals surface area contributed by atoms with E-state index < -0.39 is 8.07 Å². The number of carbonyl (C=O) groups is 1. The van der Waals surface area contributed by atoms with Crippen molar-refractivity contribution < 1.29 is 4.79 Å². The zero-order valence-corrected chi connectivity index (χ0v) is 14.0. The van der Waals surface area contributed by atoms with Gasteiger partial charge in [-0.2, -0.15) is 0 Å². The van der Waals surface area contributed by atoms with Gasteiger partial charge < -0.3 is 0 Å². The highest BCUT2D eigenvalue weighted by atomic mass is 28.3. The van der Waals surface area contributed by atoms with E-state index in [1.54, 1.807) is 0 Å². The van der Waals surface area contributed by atoms with Crippen LogP contribution in [0.15, 0.2) is 41.6 Å². The number of carbonyl (C=O) groups excluding carboxylic acids is 1. The summed E-state index contributed by atoms with van der Waals surface area (Å²) in [6.45, 7) is 7.06. The van der Waals surface area contributed by atoms with E-state index in [2.05, 4.69) is 56.4 Å². The molecule has 0 aliphatic heterocycles. The van der Waals surface area contributed by atoms with Crippen LogP contribution in [0.3, 0.4) is 0 Å². The zero-order chi connectivity index (χ0) is 14.6. The maximum Gasteiger partial charge on any atom is 0.136 e. The predicted molar refractivity (Wildman–Crippen MR) is 88.9 cm³/mol. The number of ketones is 1. The van der Waals surface area contributed by atoms with Crippen LogP contribution in [0.5, 0.6) is 0 Å². The SMILES string of the molecule is C/C(=C\CC1CCCCC1=O)[Si](C)(C)c1ccccc1.